The zero-order valence-corrected chi connectivity index (χ0v) is 10.2. The first-order chi connectivity index (χ1) is 8.58. The van der Waals surface area contributed by atoms with Gasteiger partial charge in [0.05, 0.1) is 11.0 Å². The predicted octanol–water partition coefficient (Wildman–Crippen LogP) is 2.13. The second kappa shape index (κ2) is 5.27. The summed E-state index contributed by atoms with van der Waals surface area (Å²) in [6.45, 7) is 2.54. The quantitative estimate of drug-likeness (QED) is 0.605. The highest BCUT2D eigenvalue weighted by Gasteiger charge is 2.30. The molecule has 0 aliphatic carbocycles. The normalized spacial score (nSPS) is 22.9. The molecule has 1 heterocycles. The van der Waals surface area contributed by atoms with Crippen molar-refractivity contribution in [3.63, 3.8) is 0 Å². The summed E-state index contributed by atoms with van der Waals surface area (Å²) in [5.41, 5.74) is 0.855. The molecule has 5 nitrogen and oxygen atoms in total. The van der Waals surface area contributed by atoms with Gasteiger partial charge in [-0.2, -0.15) is 0 Å². The van der Waals surface area contributed by atoms with Crippen LogP contribution in [-0.4, -0.2) is 23.4 Å². The van der Waals surface area contributed by atoms with E-state index in [0.29, 0.717) is 13.0 Å². The number of non-ortho nitro benzene ring substituents is 1. The minimum atomic E-state index is -0.446. The Morgan fingerprint density at radius 1 is 1.44 bits per heavy atom. The van der Waals surface area contributed by atoms with Crippen molar-refractivity contribution in [3.05, 3.63) is 39.9 Å². The molecule has 5 heteroatoms. The lowest BCUT2D eigenvalue weighted by Crippen LogP contribution is -2.23. The Labute approximate surface area is 105 Å². The van der Waals surface area contributed by atoms with Crippen molar-refractivity contribution < 1.29 is 14.5 Å². The molecule has 1 fully saturated rings. The van der Waals surface area contributed by atoms with Crippen LogP contribution in [0.1, 0.15) is 18.9 Å². The van der Waals surface area contributed by atoms with Gasteiger partial charge in [-0.1, -0.05) is 12.1 Å². The van der Waals surface area contributed by atoms with Crippen LogP contribution in [0, 0.1) is 16.0 Å². The maximum atomic E-state index is 12.0. The first-order valence-electron chi connectivity index (χ1n) is 5.95. The Kier molecular flexibility index (Phi) is 3.72. The van der Waals surface area contributed by atoms with Gasteiger partial charge in [0.25, 0.3) is 5.69 Å². The zero-order valence-electron chi connectivity index (χ0n) is 10.2. The van der Waals surface area contributed by atoms with E-state index in [9.17, 15) is 14.9 Å². The number of carbonyl (C=O) groups is 1. The van der Waals surface area contributed by atoms with E-state index in [-0.39, 0.29) is 23.5 Å². The van der Waals surface area contributed by atoms with E-state index >= 15 is 0 Å². The molecule has 2 unspecified atom stereocenters. The van der Waals surface area contributed by atoms with Crippen LogP contribution in [0.3, 0.4) is 0 Å². The second-order valence-corrected chi connectivity index (χ2v) is 4.54. The molecule has 0 aromatic heterocycles. The number of carbonyl (C=O) groups excluding carboxylic acids is 1. The number of benzene rings is 1. The first-order valence-corrected chi connectivity index (χ1v) is 5.95. The molecule has 1 aliphatic rings. The topological polar surface area (TPSA) is 69.4 Å². The maximum Gasteiger partial charge on any atom is 0.269 e. The standard InChI is InChI=1S/C13H15NO4/c1-9-12(6-7-18-9)13(15)8-10-2-4-11(5-3-10)14(16)17/h2-5,9,12H,6-8H2,1H3. The fraction of sp³-hybridized carbons (Fsp3) is 0.462. The van der Waals surface area contributed by atoms with E-state index in [0.717, 1.165) is 12.0 Å². The molecule has 1 aromatic carbocycles. The van der Waals surface area contributed by atoms with Crippen LogP contribution in [0.25, 0.3) is 0 Å². The van der Waals surface area contributed by atoms with Crippen molar-refractivity contribution in [2.75, 3.05) is 6.61 Å². The average molecular weight is 249 g/mol. The monoisotopic (exact) mass is 249 g/mol. The average Bonchev–Trinajstić information content (AvgIpc) is 2.76. The lowest BCUT2D eigenvalue weighted by atomic mass is 9.93. The number of nitro benzene ring substituents is 1. The van der Waals surface area contributed by atoms with Gasteiger partial charge in [-0.15, -0.1) is 0 Å². The molecule has 18 heavy (non-hydrogen) atoms. The van der Waals surface area contributed by atoms with Crippen LogP contribution >= 0.6 is 0 Å². The van der Waals surface area contributed by atoms with Gasteiger partial charge < -0.3 is 4.74 Å². The molecular formula is C13H15NO4. The summed E-state index contributed by atoms with van der Waals surface area (Å²) in [6.07, 6.45) is 1.07. The van der Waals surface area contributed by atoms with Gasteiger partial charge in [-0.25, -0.2) is 0 Å². The summed E-state index contributed by atoms with van der Waals surface area (Å²) in [7, 11) is 0. The zero-order chi connectivity index (χ0) is 13.1. The first kappa shape index (κ1) is 12.7. The Bertz CT molecular complexity index is 455. The number of hydrogen-bond donors (Lipinski definition) is 0. The minimum Gasteiger partial charge on any atom is -0.378 e. The minimum absolute atomic E-state index is 0.0180. The van der Waals surface area contributed by atoms with Crippen molar-refractivity contribution >= 4 is 11.5 Å². The molecule has 2 rings (SSSR count). The molecule has 1 saturated heterocycles. The Morgan fingerprint density at radius 2 is 2.11 bits per heavy atom. The molecule has 0 N–H and O–H groups in total. The second-order valence-electron chi connectivity index (χ2n) is 4.54. The summed E-state index contributed by atoms with van der Waals surface area (Å²) >= 11 is 0. The Morgan fingerprint density at radius 3 is 2.61 bits per heavy atom. The van der Waals surface area contributed by atoms with Crippen LogP contribution in [0.5, 0.6) is 0 Å². The molecule has 0 spiro atoms. The fourth-order valence-electron chi connectivity index (χ4n) is 2.22. The molecule has 0 saturated carbocycles. The third kappa shape index (κ3) is 2.73. The Balaban J connectivity index is 2.00. The summed E-state index contributed by atoms with van der Waals surface area (Å²) in [4.78, 5) is 22.1. The highest BCUT2D eigenvalue weighted by molar-refractivity contribution is 5.84. The third-order valence-electron chi connectivity index (χ3n) is 3.32. The lowest BCUT2D eigenvalue weighted by Gasteiger charge is -2.12. The highest BCUT2D eigenvalue weighted by atomic mass is 16.6. The van der Waals surface area contributed by atoms with E-state index in [1.54, 1.807) is 12.1 Å². The summed E-state index contributed by atoms with van der Waals surface area (Å²) in [5.74, 6) is 0.106. The van der Waals surface area contributed by atoms with Gasteiger partial charge in [0.15, 0.2) is 0 Å². The van der Waals surface area contributed by atoms with Crippen molar-refractivity contribution in [1.29, 1.82) is 0 Å². The van der Waals surface area contributed by atoms with Crippen molar-refractivity contribution in [3.8, 4) is 0 Å². The highest BCUT2D eigenvalue weighted by Crippen LogP contribution is 2.23. The fourth-order valence-corrected chi connectivity index (χ4v) is 2.22. The van der Waals surface area contributed by atoms with Gasteiger partial charge in [0.2, 0.25) is 0 Å². The molecule has 2 atom stereocenters. The van der Waals surface area contributed by atoms with Crippen LogP contribution in [0.15, 0.2) is 24.3 Å². The van der Waals surface area contributed by atoms with Crippen molar-refractivity contribution in [2.45, 2.75) is 25.9 Å². The van der Waals surface area contributed by atoms with Gasteiger partial charge in [-0.05, 0) is 18.9 Å². The smallest absolute Gasteiger partial charge is 0.269 e. The summed E-state index contributed by atoms with van der Waals surface area (Å²) < 4.78 is 5.36. The molecule has 0 amide bonds. The third-order valence-corrected chi connectivity index (χ3v) is 3.32. The maximum absolute atomic E-state index is 12.0. The van der Waals surface area contributed by atoms with Crippen LogP contribution in [0.2, 0.25) is 0 Å². The SMILES string of the molecule is CC1OCCC1C(=O)Cc1ccc([N+](=O)[O-])cc1. The molecule has 1 aromatic rings. The van der Waals surface area contributed by atoms with E-state index in [1.807, 2.05) is 6.92 Å². The van der Waals surface area contributed by atoms with E-state index in [4.69, 9.17) is 4.74 Å². The van der Waals surface area contributed by atoms with Gasteiger partial charge in [-0.3, -0.25) is 14.9 Å². The number of hydrogen-bond acceptors (Lipinski definition) is 4. The lowest BCUT2D eigenvalue weighted by molar-refractivity contribution is -0.384. The van der Waals surface area contributed by atoms with Gasteiger partial charge in [0.1, 0.15) is 5.78 Å². The number of ketones is 1. The van der Waals surface area contributed by atoms with E-state index < -0.39 is 4.92 Å². The number of Topliss-reactive ketones (excluding diaryl/α,β-unsaturated/α-hetero) is 1. The molecular weight excluding hydrogens is 234 g/mol. The Hall–Kier alpha value is -1.75. The largest absolute Gasteiger partial charge is 0.378 e. The number of nitro groups is 1. The molecule has 96 valence electrons. The predicted molar refractivity (Wildman–Crippen MR) is 65.3 cm³/mol. The number of ether oxygens (including phenoxy) is 1. The summed E-state index contributed by atoms with van der Waals surface area (Å²) in [6, 6.07) is 6.13. The number of rotatable bonds is 4. The van der Waals surface area contributed by atoms with Crippen LogP contribution in [0.4, 0.5) is 5.69 Å². The van der Waals surface area contributed by atoms with E-state index in [1.165, 1.54) is 12.1 Å². The molecule has 1 aliphatic heterocycles. The number of nitrogens with zero attached hydrogens (tertiary/aromatic N) is 1. The van der Waals surface area contributed by atoms with Gasteiger partial charge in [0, 0.05) is 31.1 Å². The van der Waals surface area contributed by atoms with E-state index in [2.05, 4.69) is 0 Å². The van der Waals surface area contributed by atoms with Crippen molar-refractivity contribution in [2.24, 2.45) is 5.92 Å². The van der Waals surface area contributed by atoms with Gasteiger partial charge >= 0.3 is 0 Å². The molecule has 0 bridgehead atoms. The summed E-state index contributed by atoms with van der Waals surface area (Å²) in [5, 5.41) is 10.5. The molecule has 0 radical (unpaired) electrons. The van der Waals surface area contributed by atoms with Crippen molar-refractivity contribution in [1.82, 2.24) is 0 Å². The van der Waals surface area contributed by atoms with Crippen LogP contribution < -0.4 is 0 Å². The van der Waals surface area contributed by atoms with Crippen LogP contribution in [-0.2, 0) is 16.0 Å².